The van der Waals surface area contributed by atoms with E-state index in [0.717, 1.165) is 0 Å². The average molecular weight is 324 g/mol. The number of rotatable bonds is 4. The third kappa shape index (κ3) is 2.58. The molecule has 2 unspecified atom stereocenters. The maximum Gasteiger partial charge on any atom is 0.449 e. The van der Waals surface area contributed by atoms with Crippen LogP contribution in [-0.4, -0.2) is 64.6 Å². The normalized spacial score (nSPS) is 32.5. The van der Waals surface area contributed by atoms with E-state index in [1.165, 1.54) is 0 Å². The van der Waals surface area contributed by atoms with Crippen molar-refractivity contribution in [3.8, 4) is 0 Å². The van der Waals surface area contributed by atoms with E-state index >= 15 is 0 Å². The lowest BCUT2D eigenvalue weighted by atomic mass is 9.94. The van der Waals surface area contributed by atoms with Crippen LogP contribution in [0.5, 0.6) is 0 Å². The number of carbonyl (C=O) groups excluding carboxylic acids is 1. The Balaban J connectivity index is 3.07. The Morgan fingerprint density at radius 1 is 1.33 bits per heavy atom. The first-order valence-corrected chi connectivity index (χ1v) is 5.61. The number of carbonyl (C=O) groups is 1. The van der Waals surface area contributed by atoms with Gasteiger partial charge in [-0.15, -0.1) is 0 Å². The van der Waals surface area contributed by atoms with E-state index in [0.29, 0.717) is 6.92 Å². The Morgan fingerprint density at radius 2 is 1.81 bits per heavy atom. The molecule has 6 nitrogen and oxygen atoms in total. The van der Waals surface area contributed by atoms with Crippen LogP contribution in [0, 0.1) is 5.92 Å². The molecule has 0 aromatic carbocycles. The molecule has 2 atom stereocenters. The molecule has 0 saturated carbocycles. The molecule has 3 N–H and O–H groups in total. The highest BCUT2D eigenvalue weighted by Gasteiger charge is 2.82. The van der Waals surface area contributed by atoms with Gasteiger partial charge < -0.3 is 24.8 Å². The summed E-state index contributed by atoms with van der Waals surface area (Å²) < 4.78 is 73.4. The molecule has 1 heterocycles. The summed E-state index contributed by atoms with van der Waals surface area (Å²) in [5.74, 6) is -12.9. The van der Waals surface area contributed by atoms with Gasteiger partial charge in [-0.05, 0) is 6.92 Å². The van der Waals surface area contributed by atoms with Crippen molar-refractivity contribution in [3.05, 3.63) is 0 Å². The summed E-state index contributed by atoms with van der Waals surface area (Å²) in [5.41, 5.74) is -3.11. The van der Waals surface area contributed by atoms with Crippen molar-refractivity contribution in [2.75, 3.05) is 19.8 Å². The van der Waals surface area contributed by atoms with Gasteiger partial charge in [-0.25, -0.2) is 0 Å². The van der Waals surface area contributed by atoms with Gasteiger partial charge in [0, 0.05) is 0 Å². The van der Waals surface area contributed by atoms with Gasteiger partial charge in [-0.2, -0.15) is 22.0 Å². The molecule has 11 heteroatoms. The molecule has 21 heavy (non-hydrogen) atoms. The lowest BCUT2D eigenvalue weighted by Crippen LogP contribution is -2.63. The minimum absolute atomic E-state index is 0.445. The van der Waals surface area contributed by atoms with Crippen LogP contribution in [0.25, 0.3) is 0 Å². The maximum absolute atomic E-state index is 13.9. The van der Waals surface area contributed by atoms with Gasteiger partial charge in [0.2, 0.25) is 5.60 Å². The smallest absolute Gasteiger partial charge is 0.449 e. The van der Waals surface area contributed by atoms with E-state index < -0.39 is 55.2 Å². The monoisotopic (exact) mass is 324 g/mol. The number of halogens is 5. The second kappa shape index (κ2) is 5.30. The molecule has 124 valence electrons. The maximum atomic E-state index is 13.9. The molecule has 1 aliphatic rings. The number of esters is 1. The molecular formula is C10H13F5O6. The molecular weight excluding hydrogens is 311 g/mol. The van der Waals surface area contributed by atoms with Crippen molar-refractivity contribution in [2.24, 2.45) is 5.92 Å². The van der Waals surface area contributed by atoms with E-state index in [4.69, 9.17) is 15.3 Å². The van der Waals surface area contributed by atoms with E-state index in [2.05, 4.69) is 9.47 Å². The molecule has 0 aromatic rings. The van der Waals surface area contributed by atoms with Crippen molar-refractivity contribution >= 4 is 5.97 Å². The van der Waals surface area contributed by atoms with E-state index in [1.807, 2.05) is 0 Å². The number of hydrogen-bond acceptors (Lipinski definition) is 6. The van der Waals surface area contributed by atoms with Crippen LogP contribution >= 0.6 is 0 Å². The van der Waals surface area contributed by atoms with Crippen molar-refractivity contribution in [1.82, 2.24) is 0 Å². The molecule has 0 aliphatic carbocycles. The average Bonchev–Trinajstić information content (AvgIpc) is 2.52. The van der Waals surface area contributed by atoms with Gasteiger partial charge in [-0.3, -0.25) is 4.79 Å². The number of ether oxygens (including phenoxy) is 2. The lowest BCUT2D eigenvalue weighted by molar-refractivity contribution is -0.409. The van der Waals surface area contributed by atoms with Gasteiger partial charge >= 0.3 is 23.9 Å². The summed E-state index contributed by atoms with van der Waals surface area (Å²) in [5, 5.41) is 26.5. The predicted octanol–water partition coefficient (Wildman–Crippen LogP) is -0.194. The molecule has 1 fully saturated rings. The predicted molar refractivity (Wildman–Crippen MR) is 54.1 cm³/mol. The van der Waals surface area contributed by atoms with Gasteiger partial charge in [0.25, 0.3) is 0 Å². The second-order valence-electron chi connectivity index (χ2n) is 4.72. The molecule has 1 rings (SSSR count). The largest absolute Gasteiger partial charge is 0.450 e. The van der Waals surface area contributed by atoms with Gasteiger partial charge in [0.15, 0.2) is 0 Å². The van der Waals surface area contributed by atoms with Crippen molar-refractivity contribution in [1.29, 1.82) is 0 Å². The number of aliphatic hydroxyl groups is 3. The van der Waals surface area contributed by atoms with Crippen LogP contribution in [0.1, 0.15) is 6.92 Å². The Labute approximate surface area is 115 Å². The Hall–Kier alpha value is -1.04. The van der Waals surface area contributed by atoms with Crippen molar-refractivity contribution < 1.29 is 51.5 Å². The minimum atomic E-state index is -5.83. The summed E-state index contributed by atoms with van der Waals surface area (Å²) in [4.78, 5) is 11.4. The molecule has 0 radical (unpaired) electrons. The van der Waals surface area contributed by atoms with Crippen LogP contribution in [-0.2, 0) is 14.3 Å². The van der Waals surface area contributed by atoms with Crippen molar-refractivity contribution in [3.63, 3.8) is 0 Å². The topological polar surface area (TPSA) is 96.2 Å². The van der Waals surface area contributed by atoms with Crippen molar-refractivity contribution in [2.45, 2.75) is 30.4 Å². The number of aliphatic hydroxyl groups excluding tert-OH is 2. The molecule has 0 amide bonds. The molecule has 0 spiro atoms. The third-order valence-corrected chi connectivity index (χ3v) is 3.13. The van der Waals surface area contributed by atoms with E-state index in [1.54, 1.807) is 0 Å². The second-order valence-corrected chi connectivity index (χ2v) is 4.72. The fourth-order valence-corrected chi connectivity index (χ4v) is 1.65. The van der Waals surface area contributed by atoms with Crippen LogP contribution in [0.2, 0.25) is 0 Å². The highest BCUT2D eigenvalue weighted by atomic mass is 19.4. The quantitative estimate of drug-likeness (QED) is 0.490. The van der Waals surface area contributed by atoms with Gasteiger partial charge in [0.1, 0.15) is 5.92 Å². The van der Waals surface area contributed by atoms with Crippen LogP contribution in [0.15, 0.2) is 0 Å². The highest BCUT2D eigenvalue weighted by molar-refractivity contribution is 5.73. The van der Waals surface area contributed by atoms with Gasteiger partial charge in [0.05, 0.1) is 19.8 Å². The van der Waals surface area contributed by atoms with E-state index in [-0.39, 0.29) is 0 Å². The lowest BCUT2D eigenvalue weighted by Gasteiger charge is -2.35. The first-order valence-electron chi connectivity index (χ1n) is 5.61. The SMILES string of the molecule is CC1(OC(=O)C(CO)CO)COC(O)(C(F)(F)F)C1(F)F. The first-order chi connectivity index (χ1) is 9.36. The Kier molecular flexibility index (Phi) is 4.55. The van der Waals surface area contributed by atoms with Crippen LogP contribution in [0.3, 0.4) is 0 Å². The summed E-state index contributed by atoms with van der Waals surface area (Å²) in [6, 6.07) is 0. The Morgan fingerprint density at radius 3 is 2.14 bits per heavy atom. The number of hydrogen-bond donors (Lipinski definition) is 3. The van der Waals surface area contributed by atoms with Crippen LogP contribution < -0.4 is 0 Å². The summed E-state index contributed by atoms with van der Waals surface area (Å²) >= 11 is 0. The zero-order valence-corrected chi connectivity index (χ0v) is 10.7. The first kappa shape index (κ1) is 18.0. The summed E-state index contributed by atoms with van der Waals surface area (Å²) in [6.07, 6.45) is -5.83. The number of alkyl halides is 5. The van der Waals surface area contributed by atoms with Crippen LogP contribution in [0.4, 0.5) is 22.0 Å². The van der Waals surface area contributed by atoms with Gasteiger partial charge in [-0.1, -0.05) is 0 Å². The minimum Gasteiger partial charge on any atom is -0.450 e. The summed E-state index contributed by atoms with van der Waals surface area (Å²) in [7, 11) is 0. The van der Waals surface area contributed by atoms with E-state index in [9.17, 15) is 26.7 Å². The molecule has 0 bridgehead atoms. The fourth-order valence-electron chi connectivity index (χ4n) is 1.65. The highest BCUT2D eigenvalue weighted by Crippen LogP contribution is 2.54. The molecule has 0 aromatic heterocycles. The zero-order chi connectivity index (χ0) is 16.7. The molecule has 1 saturated heterocycles. The Bertz CT molecular complexity index is 409. The fraction of sp³-hybridized carbons (Fsp3) is 0.900. The third-order valence-electron chi connectivity index (χ3n) is 3.13. The molecule has 1 aliphatic heterocycles. The zero-order valence-electron chi connectivity index (χ0n) is 10.7. The standard InChI is InChI=1S/C10H13F5O6/c1-7(21-6(18)5(2-16)3-17)4-20-9(19,8(7,11)12)10(13,14)15/h5,16-17,19H,2-4H2,1H3. The summed E-state index contributed by atoms with van der Waals surface area (Å²) in [6.45, 7) is -2.89.